The van der Waals surface area contributed by atoms with Crippen molar-refractivity contribution < 1.29 is 13.9 Å². The van der Waals surface area contributed by atoms with Crippen LogP contribution in [0.3, 0.4) is 0 Å². The van der Waals surface area contributed by atoms with Gasteiger partial charge in [-0.05, 0) is 18.6 Å². The van der Waals surface area contributed by atoms with Crippen LogP contribution in [-0.2, 0) is 9.53 Å². The highest BCUT2D eigenvalue weighted by Crippen LogP contribution is 2.11. The maximum absolute atomic E-state index is 13.4. The van der Waals surface area contributed by atoms with Crippen LogP contribution in [-0.4, -0.2) is 26.2 Å². The largest absolute Gasteiger partial charge is 0.385 e. The first-order chi connectivity index (χ1) is 9.19. The molecule has 0 aliphatic carbocycles. The summed E-state index contributed by atoms with van der Waals surface area (Å²) < 4.78 is 18.2. The summed E-state index contributed by atoms with van der Waals surface area (Å²) in [4.78, 5) is 11.7. The molecule has 0 bridgehead atoms. The molecule has 0 spiro atoms. The molecule has 100 valence electrons. The number of rotatable bonds is 6. The third-order valence-corrected chi connectivity index (χ3v) is 2.38. The minimum absolute atomic E-state index is 0.123. The molecule has 0 saturated carbocycles. The van der Waals surface area contributed by atoms with Gasteiger partial charge in [0.2, 0.25) is 0 Å². The van der Waals surface area contributed by atoms with Gasteiger partial charge in [0.25, 0.3) is 5.91 Å². The Morgan fingerprint density at radius 2 is 2.26 bits per heavy atom. The summed E-state index contributed by atoms with van der Waals surface area (Å²) in [5, 5.41) is 11.5. The molecule has 0 saturated heterocycles. The van der Waals surface area contributed by atoms with Crippen LogP contribution in [0.2, 0.25) is 0 Å². The zero-order valence-electron chi connectivity index (χ0n) is 10.6. The summed E-state index contributed by atoms with van der Waals surface area (Å²) in [5.41, 5.74) is 0.0913. The fourth-order valence-corrected chi connectivity index (χ4v) is 1.41. The van der Waals surface area contributed by atoms with Gasteiger partial charge < -0.3 is 10.1 Å². The number of carbonyl (C=O) groups is 1. The quantitative estimate of drug-likeness (QED) is 0.484. The number of ether oxygens (including phenoxy) is 1. The molecule has 1 amide bonds. The topological polar surface area (TPSA) is 62.1 Å². The molecule has 0 aliphatic rings. The predicted octanol–water partition coefficient (Wildman–Crippen LogP) is 1.89. The highest BCUT2D eigenvalue weighted by atomic mass is 19.1. The minimum atomic E-state index is -0.512. The van der Waals surface area contributed by atoms with Crippen molar-refractivity contribution in [3.8, 4) is 6.07 Å². The number of nitrogens with one attached hydrogen (secondary N) is 1. The predicted molar refractivity (Wildman–Crippen MR) is 69.5 cm³/mol. The number of halogens is 1. The van der Waals surface area contributed by atoms with Crippen molar-refractivity contribution >= 4 is 12.0 Å². The molecular weight excluding hydrogens is 247 g/mol. The van der Waals surface area contributed by atoms with Crippen LogP contribution >= 0.6 is 0 Å². The van der Waals surface area contributed by atoms with Crippen molar-refractivity contribution in [3.05, 3.63) is 41.2 Å². The van der Waals surface area contributed by atoms with Crippen LogP contribution in [0, 0.1) is 17.1 Å². The van der Waals surface area contributed by atoms with Crippen LogP contribution in [0.1, 0.15) is 12.0 Å². The Kier molecular flexibility index (Phi) is 6.27. The molecule has 5 heteroatoms. The lowest BCUT2D eigenvalue weighted by molar-refractivity contribution is -0.117. The van der Waals surface area contributed by atoms with Gasteiger partial charge in [-0.1, -0.05) is 18.2 Å². The minimum Gasteiger partial charge on any atom is -0.385 e. The molecule has 4 nitrogen and oxygen atoms in total. The van der Waals surface area contributed by atoms with E-state index in [-0.39, 0.29) is 11.1 Å². The Labute approximate surface area is 111 Å². The van der Waals surface area contributed by atoms with E-state index in [1.54, 1.807) is 25.3 Å². The molecule has 0 aliphatic heterocycles. The number of hydrogen-bond acceptors (Lipinski definition) is 3. The maximum Gasteiger partial charge on any atom is 0.261 e. The van der Waals surface area contributed by atoms with Crippen LogP contribution in [0.25, 0.3) is 6.08 Å². The standard InChI is InChI=1S/C14H15FN2O2/c1-19-8-4-7-17-14(18)12(10-16)9-11-5-2-3-6-13(11)15/h2-3,5-6,9H,4,7-8H2,1H3,(H,17,18)/b12-9-. The lowest BCUT2D eigenvalue weighted by Crippen LogP contribution is -2.26. The Bertz CT molecular complexity index is 506. The first-order valence-corrected chi connectivity index (χ1v) is 5.82. The molecule has 19 heavy (non-hydrogen) atoms. The van der Waals surface area contributed by atoms with E-state index in [4.69, 9.17) is 10.00 Å². The number of hydrogen-bond donors (Lipinski definition) is 1. The maximum atomic E-state index is 13.4. The summed E-state index contributed by atoms with van der Waals surface area (Å²) >= 11 is 0. The first kappa shape index (κ1) is 14.9. The number of carbonyl (C=O) groups excluding carboxylic acids is 1. The van der Waals surface area contributed by atoms with E-state index in [1.165, 1.54) is 18.2 Å². The monoisotopic (exact) mass is 262 g/mol. The molecule has 0 aromatic heterocycles. The van der Waals surface area contributed by atoms with Crippen molar-refractivity contribution in [2.24, 2.45) is 0 Å². The molecule has 0 radical (unpaired) electrons. The van der Waals surface area contributed by atoms with E-state index in [2.05, 4.69) is 5.32 Å². The van der Waals surface area contributed by atoms with Crippen molar-refractivity contribution in [1.29, 1.82) is 5.26 Å². The lowest BCUT2D eigenvalue weighted by atomic mass is 10.1. The van der Waals surface area contributed by atoms with Gasteiger partial charge in [-0.15, -0.1) is 0 Å². The Balaban J connectivity index is 2.70. The summed E-state index contributed by atoms with van der Waals surface area (Å²) in [6.07, 6.45) is 1.89. The average molecular weight is 262 g/mol. The third-order valence-electron chi connectivity index (χ3n) is 2.38. The zero-order valence-corrected chi connectivity index (χ0v) is 10.6. The number of methoxy groups -OCH3 is 1. The fraction of sp³-hybridized carbons (Fsp3) is 0.286. The summed E-state index contributed by atoms with van der Waals surface area (Å²) in [6.45, 7) is 0.933. The van der Waals surface area contributed by atoms with Gasteiger partial charge in [-0.25, -0.2) is 4.39 Å². The highest BCUT2D eigenvalue weighted by molar-refractivity contribution is 6.01. The second kappa shape index (κ2) is 8.01. The van der Waals surface area contributed by atoms with E-state index in [1.807, 2.05) is 0 Å². The van der Waals surface area contributed by atoms with Gasteiger partial charge in [-0.3, -0.25) is 4.79 Å². The van der Waals surface area contributed by atoms with Gasteiger partial charge in [0.15, 0.2) is 0 Å². The third kappa shape index (κ3) is 4.90. The number of nitrogens with zero attached hydrogens (tertiary/aromatic N) is 1. The highest BCUT2D eigenvalue weighted by Gasteiger charge is 2.09. The molecule has 0 unspecified atom stereocenters. The van der Waals surface area contributed by atoms with E-state index in [0.717, 1.165) is 0 Å². The van der Waals surface area contributed by atoms with Crippen LogP contribution in [0.15, 0.2) is 29.8 Å². The molecule has 1 aromatic rings. The summed E-state index contributed by atoms with van der Waals surface area (Å²) in [7, 11) is 1.57. The fourth-order valence-electron chi connectivity index (χ4n) is 1.41. The van der Waals surface area contributed by atoms with Crippen molar-refractivity contribution in [1.82, 2.24) is 5.32 Å². The number of nitriles is 1. The SMILES string of the molecule is COCCCNC(=O)/C(C#N)=C\c1ccccc1F. The van der Waals surface area contributed by atoms with Crippen molar-refractivity contribution in [2.45, 2.75) is 6.42 Å². The first-order valence-electron chi connectivity index (χ1n) is 5.82. The number of benzene rings is 1. The number of amides is 1. The summed E-state index contributed by atoms with van der Waals surface area (Å²) in [5.74, 6) is -0.982. The van der Waals surface area contributed by atoms with E-state index >= 15 is 0 Å². The van der Waals surface area contributed by atoms with Crippen molar-refractivity contribution in [2.75, 3.05) is 20.3 Å². The molecule has 0 atom stereocenters. The Morgan fingerprint density at radius 3 is 2.89 bits per heavy atom. The molecule has 1 aromatic carbocycles. The van der Waals surface area contributed by atoms with E-state index < -0.39 is 11.7 Å². The normalized spacial score (nSPS) is 10.9. The van der Waals surface area contributed by atoms with Gasteiger partial charge in [0.1, 0.15) is 17.5 Å². The second-order valence-corrected chi connectivity index (χ2v) is 3.79. The van der Waals surface area contributed by atoms with E-state index in [0.29, 0.717) is 19.6 Å². The van der Waals surface area contributed by atoms with Gasteiger partial charge in [0.05, 0.1) is 0 Å². The van der Waals surface area contributed by atoms with E-state index in [9.17, 15) is 9.18 Å². The molecule has 1 N–H and O–H groups in total. The zero-order chi connectivity index (χ0) is 14.1. The van der Waals surface area contributed by atoms with Gasteiger partial charge in [0, 0.05) is 25.8 Å². The van der Waals surface area contributed by atoms with Gasteiger partial charge in [-0.2, -0.15) is 5.26 Å². The molecule has 0 fully saturated rings. The summed E-state index contributed by atoms with van der Waals surface area (Å²) in [6, 6.07) is 7.73. The Hall–Kier alpha value is -2.19. The molecule has 0 heterocycles. The Morgan fingerprint density at radius 1 is 1.53 bits per heavy atom. The lowest BCUT2D eigenvalue weighted by Gasteiger charge is -2.04. The molecular formula is C14H15FN2O2. The van der Waals surface area contributed by atoms with Crippen molar-refractivity contribution in [3.63, 3.8) is 0 Å². The smallest absolute Gasteiger partial charge is 0.261 e. The van der Waals surface area contributed by atoms with Crippen LogP contribution in [0.5, 0.6) is 0 Å². The second-order valence-electron chi connectivity index (χ2n) is 3.79. The van der Waals surface area contributed by atoms with Gasteiger partial charge >= 0.3 is 0 Å². The molecule has 1 rings (SSSR count). The van der Waals surface area contributed by atoms with Crippen LogP contribution < -0.4 is 5.32 Å². The average Bonchev–Trinajstić information content (AvgIpc) is 2.42. The van der Waals surface area contributed by atoms with Crippen LogP contribution in [0.4, 0.5) is 4.39 Å².